The van der Waals surface area contributed by atoms with Gasteiger partial charge in [0, 0.05) is 11.6 Å². The summed E-state index contributed by atoms with van der Waals surface area (Å²) >= 11 is 0. The summed E-state index contributed by atoms with van der Waals surface area (Å²) in [5.74, 6) is 0.407. The van der Waals surface area contributed by atoms with Crippen molar-refractivity contribution in [3.8, 4) is 5.75 Å². The van der Waals surface area contributed by atoms with E-state index in [9.17, 15) is 4.39 Å². The molecule has 2 rings (SSSR count). The van der Waals surface area contributed by atoms with Crippen molar-refractivity contribution < 1.29 is 9.13 Å². The first kappa shape index (κ1) is 15.5. The minimum atomic E-state index is -0.279. The molecule has 0 radical (unpaired) electrons. The first-order valence-corrected chi connectivity index (χ1v) is 7.38. The van der Waals surface area contributed by atoms with E-state index < -0.39 is 0 Å². The summed E-state index contributed by atoms with van der Waals surface area (Å²) in [6.45, 7) is 2.45. The molecule has 1 unspecified atom stereocenters. The Morgan fingerprint density at radius 2 is 1.86 bits per heavy atom. The van der Waals surface area contributed by atoms with E-state index in [0.717, 1.165) is 24.8 Å². The zero-order chi connectivity index (χ0) is 15.1. The fourth-order valence-electron chi connectivity index (χ4n) is 2.26. The summed E-state index contributed by atoms with van der Waals surface area (Å²) < 4.78 is 19.0. The van der Waals surface area contributed by atoms with Crippen molar-refractivity contribution in [1.29, 1.82) is 0 Å². The number of hydrogen-bond acceptors (Lipinski definition) is 2. The molecular formula is C18H22FNO. The maximum atomic E-state index is 13.2. The predicted molar refractivity (Wildman–Crippen MR) is 83.9 cm³/mol. The Hall–Kier alpha value is -1.87. The molecule has 0 saturated carbocycles. The van der Waals surface area contributed by atoms with E-state index in [4.69, 9.17) is 10.5 Å². The van der Waals surface area contributed by atoms with Gasteiger partial charge in [0.1, 0.15) is 11.6 Å². The van der Waals surface area contributed by atoms with Crippen molar-refractivity contribution in [2.24, 2.45) is 5.73 Å². The molecular weight excluding hydrogens is 265 g/mol. The van der Waals surface area contributed by atoms with E-state index in [2.05, 4.69) is 24.3 Å². The van der Waals surface area contributed by atoms with Crippen LogP contribution in [0.5, 0.6) is 5.75 Å². The molecule has 3 heteroatoms. The van der Waals surface area contributed by atoms with Crippen molar-refractivity contribution in [2.45, 2.75) is 32.2 Å². The van der Waals surface area contributed by atoms with Crippen LogP contribution in [-0.4, -0.2) is 6.61 Å². The van der Waals surface area contributed by atoms with Crippen molar-refractivity contribution in [3.05, 3.63) is 65.5 Å². The lowest BCUT2D eigenvalue weighted by Gasteiger charge is -2.14. The third kappa shape index (κ3) is 4.87. The number of ether oxygens (including phenoxy) is 1. The van der Waals surface area contributed by atoms with Crippen LogP contribution in [-0.2, 0) is 6.42 Å². The van der Waals surface area contributed by atoms with Crippen LogP contribution >= 0.6 is 0 Å². The number of rotatable bonds is 7. The standard InChI is InChI=1S/C18H22FNO/c1-14(20)17-13-16(19)10-11-18(17)21-12-6-5-9-15-7-3-2-4-8-15/h2-4,7-8,10-11,13-14H,5-6,9,12,20H2,1H3. The van der Waals surface area contributed by atoms with Gasteiger partial charge < -0.3 is 10.5 Å². The zero-order valence-electron chi connectivity index (χ0n) is 12.4. The Labute approximate surface area is 125 Å². The molecule has 2 aromatic carbocycles. The van der Waals surface area contributed by atoms with Gasteiger partial charge in [-0.3, -0.25) is 0 Å². The molecule has 0 fully saturated rings. The smallest absolute Gasteiger partial charge is 0.124 e. The van der Waals surface area contributed by atoms with E-state index in [1.165, 1.54) is 17.7 Å². The Balaban J connectivity index is 1.78. The van der Waals surface area contributed by atoms with E-state index in [1.54, 1.807) is 6.07 Å². The zero-order valence-corrected chi connectivity index (χ0v) is 12.4. The molecule has 2 aromatic rings. The maximum Gasteiger partial charge on any atom is 0.124 e. The van der Waals surface area contributed by atoms with Crippen LogP contribution in [0.15, 0.2) is 48.5 Å². The Morgan fingerprint density at radius 3 is 2.57 bits per heavy atom. The molecule has 2 N–H and O–H groups in total. The summed E-state index contributed by atoms with van der Waals surface area (Å²) in [4.78, 5) is 0. The maximum absolute atomic E-state index is 13.2. The van der Waals surface area contributed by atoms with E-state index in [-0.39, 0.29) is 11.9 Å². The van der Waals surface area contributed by atoms with Crippen LogP contribution in [0.1, 0.15) is 36.9 Å². The molecule has 0 saturated heterocycles. The fraction of sp³-hybridized carbons (Fsp3) is 0.333. The van der Waals surface area contributed by atoms with Crippen LogP contribution in [0.3, 0.4) is 0 Å². The van der Waals surface area contributed by atoms with Crippen LogP contribution in [0.25, 0.3) is 0 Å². The van der Waals surface area contributed by atoms with Crippen molar-refractivity contribution >= 4 is 0 Å². The summed E-state index contributed by atoms with van der Waals surface area (Å²) in [6.07, 6.45) is 3.08. The monoisotopic (exact) mass is 287 g/mol. The number of benzene rings is 2. The fourth-order valence-corrected chi connectivity index (χ4v) is 2.26. The van der Waals surface area contributed by atoms with Gasteiger partial charge in [0.15, 0.2) is 0 Å². The van der Waals surface area contributed by atoms with Gasteiger partial charge in [-0.25, -0.2) is 4.39 Å². The molecule has 0 aliphatic rings. The molecule has 21 heavy (non-hydrogen) atoms. The Bertz CT molecular complexity index is 554. The van der Waals surface area contributed by atoms with E-state index in [1.807, 2.05) is 13.0 Å². The van der Waals surface area contributed by atoms with Gasteiger partial charge in [0.05, 0.1) is 6.61 Å². The summed E-state index contributed by atoms with van der Waals surface area (Å²) in [5, 5.41) is 0. The van der Waals surface area contributed by atoms with E-state index in [0.29, 0.717) is 12.4 Å². The second kappa shape index (κ2) is 7.79. The molecule has 0 heterocycles. The number of unbranched alkanes of at least 4 members (excludes halogenated alkanes) is 1. The normalized spacial score (nSPS) is 12.1. The highest BCUT2D eigenvalue weighted by molar-refractivity contribution is 5.36. The minimum Gasteiger partial charge on any atom is -0.493 e. The number of aryl methyl sites for hydroxylation is 1. The average Bonchev–Trinajstić information content (AvgIpc) is 2.49. The first-order chi connectivity index (χ1) is 10.2. The van der Waals surface area contributed by atoms with Crippen molar-refractivity contribution in [1.82, 2.24) is 0 Å². The number of halogens is 1. The minimum absolute atomic E-state index is 0.236. The second-order valence-corrected chi connectivity index (χ2v) is 5.26. The van der Waals surface area contributed by atoms with Gasteiger partial charge in [-0.05, 0) is 49.9 Å². The number of nitrogens with two attached hydrogens (primary N) is 1. The molecule has 2 nitrogen and oxygen atoms in total. The summed E-state index contributed by atoms with van der Waals surface area (Å²) in [6, 6.07) is 14.7. The third-order valence-electron chi connectivity index (χ3n) is 3.42. The highest BCUT2D eigenvalue weighted by atomic mass is 19.1. The van der Waals surface area contributed by atoms with Crippen LogP contribution in [0.4, 0.5) is 4.39 Å². The van der Waals surface area contributed by atoms with Crippen LogP contribution in [0.2, 0.25) is 0 Å². The van der Waals surface area contributed by atoms with Crippen molar-refractivity contribution in [3.63, 3.8) is 0 Å². The van der Waals surface area contributed by atoms with Gasteiger partial charge in [-0.15, -0.1) is 0 Å². The quantitative estimate of drug-likeness (QED) is 0.773. The molecule has 0 bridgehead atoms. The molecule has 112 valence electrons. The van der Waals surface area contributed by atoms with Gasteiger partial charge >= 0.3 is 0 Å². The average molecular weight is 287 g/mol. The second-order valence-electron chi connectivity index (χ2n) is 5.26. The lowest BCUT2D eigenvalue weighted by molar-refractivity contribution is 0.302. The molecule has 1 atom stereocenters. The SMILES string of the molecule is CC(N)c1cc(F)ccc1OCCCCc1ccccc1. The molecule has 0 amide bonds. The topological polar surface area (TPSA) is 35.2 Å². The highest BCUT2D eigenvalue weighted by Crippen LogP contribution is 2.25. The summed E-state index contributed by atoms with van der Waals surface area (Å²) in [5.41, 5.74) is 7.91. The molecule has 0 aliphatic carbocycles. The van der Waals surface area contributed by atoms with Gasteiger partial charge in [0.25, 0.3) is 0 Å². The molecule has 0 spiro atoms. The largest absolute Gasteiger partial charge is 0.493 e. The number of hydrogen-bond donors (Lipinski definition) is 1. The van der Waals surface area contributed by atoms with Crippen molar-refractivity contribution in [2.75, 3.05) is 6.61 Å². The van der Waals surface area contributed by atoms with Crippen LogP contribution in [0, 0.1) is 5.82 Å². The van der Waals surface area contributed by atoms with Gasteiger partial charge in [-0.1, -0.05) is 30.3 Å². The third-order valence-corrected chi connectivity index (χ3v) is 3.42. The lowest BCUT2D eigenvalue weighted by atomic mass is 10.1. The summed E-state index contributed by atoms with van der Waals surface area (Å²) in [7, 11) is 0. The lowest BCUT2D eigenvalue weighted by Crippen LogP contribution is -2.09. The molecule has 0 aromatic heterocycles. The molecule has 0 aliphatic heterocycles. The van der Waals surface area contributed by atoms with E-state index >= 15 is 0 Å². The highest BCUT2D eigenvalue weighted by Gasteiger charge is 2.09. The Kier molecular flexibility index (Phi) is 5.76. The van der Waals surface area contributed by atoms with Gasteiger partial charge in [0.2, 0.25) is 0 Å². The predicted octanol–water partition coefficient (Wildman–Crippen LogP) is 4.25. The van der Waals surface area contributed by atoms with Gasteiger partial charge in [-0.2, -0.15) is 0 Å². The van der Waals surface area contributed by atoms with Crippen LogP contribution < -0.4 is 10.5 Å². The first-order valence-electron chi connectivity index (χ1n) is 7.38. The Morgan fingerprint density at radius 1 is 1.10 bits per heavy atom.